The zero-order valence-electron chi connectivity index (χ0n) is 10.3. The van der Waals surface area contributed by atoms with Gasteiger partial charge in [0.1, 0.15) is 0 Å². The van der Waals surface area contributed by atoms with E-state index in [0.717, 1.165) is 12.8 Å². The van der Waals surface area contributed by atoms with Crippen molar-refractivity contribution in [1.29, 1.82) is 0 Å². The molecule has 0 N–H and O–H groups in total. The Labute approximate surface area is 97.6 Å². The van der Waals surface area contributed by atoms with Crippen LogP contribution in [-0.4, -0.2) is 13.1 Å². The van der Waals surface area contributed by atoms with Crippen LogP contribution in [0.4, 0.5) is 0 Å². The second-order valence-corrected chi connectivity index (χ2v) is 4.49. The van der Waals surface area contributed by atoms with E-state index in [0.29, 0.717) is 12.3 Å². The van der Waals surface area contributed by atoms with Gasteiger partial charge in [0.05, 0.1) is 7.11 Å². The number of hydrogen-bond acceptors (Lipinski definition) is 2. The quantitative estimate of drug-likeness (QED) is 0.713. The van der Waals surface area contributed by atoms with Crippen molar-refractivity contribution in [2.75, 3.05) is 7.11 Å². The third-order valence-electron chi connectivity index (χ3n) is 2.48. The fourth-order valence-electron chi connectivity index (χ4n) is 1.73. The Kier molecular flexibility index (Phi) is 5.03. The highest BCUT2D eigenvalue weighted by molar-refractivity contribution is 5.69. The number of hydrogen-bond donors (Lipinski definition) is 0. The number of esters is 1. The van der Waals surface area contributed by atoms with Gasteiger partial charge in [-0.2, -0.15) is 0 Å². The Morgan fingerprint density at radius 1 is 1.31 bits per heavy atom. The van der Waals surface area contributed by atoms with Gasteiger partial charge in [-0.1, -0.05) is 38.1 Å². The van der Waals surface area contributed by atoms with E-state index in [4.69, 9.17) is 0 Å². The number of methoxy groups -OCH3 is 1. The number of carbonyl (C=O) groups excluding carboxylic acids is 1. The van der Waals surface area contributed by atoms with Gasteiger partial charge >= 0.3 is 5.97 Å². The van der Waals surface area contributed by atoms with E-state index in [1.807, 2.05) is 0 Å². The summed E-state index contributed by atoms with van der Waals surface area (Å²) in [5.74, 6) is 0.519. The van der Waals surface area contributed by atoms with E-state index >= 15 is 0 Å². The molecule has 0 spiro atoms. The zero-order valence-corrected chi connectivity index (χ0v) is 10.3. The van der Waals surface area contributed by atoms with Gasteiger partial charge in [-0.25, -0.2) is 0 Å². The lowest BCUT2D eigenvalue weighted by Gasteiger charge is -2.07. The summed E-state index contributed by atoms with van der Waals surface area (Å²) < 4.78 is 4.63. The highest BCUT2D eigenvalue weighted by atomic mass is 16.5. The summed E-state index contributed by atoms with van der Waals surface area (Å²) >= 11 is 0. The zero-order chi connectivity index (χ0) is 12.0. The smallest absolute Gasteiger partial charge is 0.305 e. The van der Waals surface area contributed by atoms with Crippen molar-refractivity contribution >= 4 is 5.97 Å². The van der Waals surface area contributed by atoms with Crippen LogP contribution in [0.3, 0.4) is 0 Å². The van der Waals surface area contributed by atoms with Crippen LogP contribution in [-0.2, 0) is 22.4 Å². The van der Waals surface area contributed by atoms with Gasteiger partial charge in [0.15, 0.2) is 0 Å². The minimum atomic E-state index is -0.144. The van der Waals surface area contributed by atoms with Crippen LogP contribution in [0.2, 0.25) is 0 Å². The maximum absolute atomic E-state index is 11.0. The standard InChI is InChI=1S/C14H20O2/c1-11(2)9-13-6-4-5-12(10-13)7-8-14(15)16-3/h4-6,10-11H,7-9H2,1-3H3. The predicted octanol–water partition coefficient (Wildman–Crippen LogP) is 2.99. The molecule has 0 aromatic heterocycles. The molecular weight excluding hydrogens is 200 g/mol. The molecule has 2 heteroatoms. The van der Waals surface area contributed by atoms with Crippen LogP contribution in [0.25, 0.3) is 0 Å². The first-order valence-electron chi connectivity index (χ1n) is 5.76. The van der Waals surface area contributed by atoms with Crippen molar-refractivity contribution in [3.05, 3.63) is 35.4 Å². The first kappa shape index (κ1) is 12.8. The molecule has 1 rings (SSSR count). The third-order valence-corrected chi connectivity index (χ3v) is 2.48. The molecule has 1 aromatic rings. The van der Waals surface area contributed by atoms with Crippen molar-refractivity contribution in [2.24, 2.45) is 5.92 Å². The molecule has 0 amide bonds. The summed E-state index contributed by atoms with van der Waals surface area (Å²) in [6, 6.07) is 8.45. The lowest BCUT2D eigenvalue weighted by molar-refractivity contribution is -0.140. The normalized spacial score (nSPS) is 10.5. The molecule has 0 saturated carbocycles. The van der Waals surface area contributed by atoms with E-state index in [1.54, 1.807) is 0 Å². The van der Waals surface area contributed by atoms with Gasteiger partial charge in [0.25, 0.3) is 0 Å². The first-order chi connectivity index (χ1) is 7.61. The van der Waals surface area contributed by atoms with Crippen LogP contribution in [0.15, 0.2) is 24.3 Å². The minimum absolute atomic E-state index is 0.144. The third kappa shape index (κ3) is 4.47. The summed E-state index contributed by atoms with van der Waals surface area (Å²) in [5, 5.41) is 0. The topological polar surface area (TPSA) is 26.3 Å². The Morgan fingerprint density at radius 2 is 2.00 bits per heavy atom. The summed E-state index contributed by atoms with van der Waals surface area (Å²) in [6.07, 6.45) is 2.31. The molecule has 1 aromatic carbocycles. The Morgan fingerprint density at radius 3 is 2.62 bits per heavy atom. The maximum Gasteiger partial charge on any atom is 0.305 e. The SMILES string of the molecule is COC(=O)CCc1cccc(CC(C)C)c1. The summed E-state index contributed by atoms with van der Waals surface area (Å²) in [4.78, 5) is 11.0. The molecule has 0 heterocycles. The van der Waals surface area contributed by atoms with Crippen LogP contribution in [0.1, 0.15) is 31.4 Å². The average molecular weight is 220 g/mol. The Hall–Kier alpha value is -1.31. The summed E-state index contributed by atoms with van der Waals surface area (Å²) in [5.41, 5.74) is 2.56. The van der Waals surface area contributed by atoms with E-state index < -0.39 is 0 Å². The number of carbonyl (C=O) groups is 1. The van der Waals surface area contributed by atoms with Gasteiger partial charge in [-0.3, -0.25) is 4.79 Å². The van der Waals surface area contributed by atoms with Crippen LogP contribution < -0.4 is 0 Å². The number of ether oxygens (including phenoxy) is 1. The van der Waals surface area contributed by atoms with Crippen molar-refractivity contribution in [2.45, 2.75) is 33.1 Å². The molecule has 16 heavy (non-hydrogen) atoms. The van der Waals surface area contributed by atoms with Crippen molar-refractivity contribution in [3.63, 3.8) is 0 Å². The number of benzene rings is 1. The highest BCUT2D eigenvalue weighted by Crippen LogP contribution is 2.12. The molecule has 88 valence electrons. The molecule has 0 saturated heterocycles. The first-order valence-corrected chi connectivity index (χ1v) is 5.76. The van der Waals surface area contributed by atoms with Crippen LogP contribution in [0.5, 0.6) is 0 Å². The minimum Gasteiger partial charge on any atom is -0.469 e. The molecule has 0 bridgehead atoms. The van der Waals surface area contributed by atoms with Gasteiger partial charge in [-0.05, 0) is 29.9 Å². The van der Waals surface area contributed by atoms with Crippen LogP contribution >= 0.6 is 0 Å². The van der Waals surface area contributed by atoms with Crippen molar-refractivity contribution in [1.82, 2.24) is 0 Å². The molecule has 0 unspecified atom stereocenters. The Bertz CT molecular complexity index is 342. The summed E-state index contributed by atoms with van der Waals surface area (Å²) in [6.45, 7) is 4.42. The largest absolute Gasteiger partial charge is 0.469 e. The predicted molar refractivity (Wildman–Crippen MR) is 65.3 cm³/mol. The molecule has 0 atom stereocenters. The molecular formula is C14H20O2. The fraction of sp³-hybridized carbons (Fsp3) is 0.500. The lowest BCUT2D eigenvalue weighted by Crippen LogP contribution is -2.02. The molecule has 0 fully saturated rings. The maximum atomic E-state index is 11.0. The number of aryl methyl sites for hydroxylation is 1. The van der Waals surface area contributed by atoms with Gasteiger partial charge in [0, 0.05) is 6.42 Å². The summed E-state index contributed by atoms with van der Waals surface area (Å²) in [7, 11) is 1.43. The molecule has 0 aliphatic carbocycles. The van der Waals surface area contributed by atoms with Crippen LogP contribution in [0, 0.1) is 5.92 Å². The Balaban J connectivity index is 2.56. The fourth-order valence-corrected chi connectivity index (χ4v) is 1.73. The van der Waals surface area contributed by atoms with E-state index in [9.17, 15) is 4.79 Å². The second-order valence-electron chi connectivity index (χ2n) is 4.49. The lowest BCUT2D eigenvalue weighted by atomic mass is 9.99. The van der Waals surface area contributed by atoms with Gasteiger partial charge in [-0.15, -0.1) is 0 Å². The van der Waals surface area contributed by atoms with Crippen molar-refractivity contribution in [3.8, 4) is 0 Å². The highest BCUT2D eigenvalue weighted by Gasteiger charge is 2.03. The van der Waals surface area contributed by atoms with Gasteiger partial charge in [0.2, 0.25) is 0 Å². The van der Waals surface area contributed by atoms with E-state index in [-0.39, 0.29) is 5.97 Å². The number of rotatable bonds is 5. The average Bonchev–Trinajstić information content (AvgIpc) is 2.25. The van der Waals surface area contributed by atoms with E-state index in [2.05, 4.69) is 42.8 Å². The van der Waals surface area contributed by atoms with Gasteiger partial charge < -0.3 is 4.74 Å². The second kappa shape index (κ2) is 6.31. The molecule has 2 nitrogen and oxygen atoms in total. The van der Waals surface area contributed by atoms with E-state index in [1.165, 1.54) is 18.2 Å². The molecule has 0 aliphatic rings. The van der Waals surface area contributed by atoms with Crippen molar-refractivity contribution < 1.29 is 9.53 Å². The molecule has 0 aliphatic heterocycles. The molecule has 0 radical (unpaired) electrons. The monoisotopic (exact) mass is 220 g/mol.